The number of rotatable bonds is 4. The smallest absolute Gasteiger partial charge is 0.303 e. The van der Waals surface area contributed by atoms with Gasteiger partial charge in [0.25, 0.3) is 0 Å². The average Bonchev–Trinajstić information content (AvgIpc) is 2.41. The van der Waals surface area contributed by atoms with Gasteiger partial charge in [-0.15, -0.1) is 4.91 Å². The van der Waals surface area contributed by atoms with Crippen molar-refractivity contribution in [1.82, 2.24) is 0 Å². The summed E-state index contributed by atoms with van der Waals surface area (Å²) >= 11 is 0. The fraction of sp³-hybridized carbons (Fsp3) is 0.533. The molecule has 1 aromatic rings. The summed E-state index contributed by atoms with van der Waals surface area (Å²) < 4.78 is 6.07. The first-order valence-electron chi connectivity index (χ1n) is 6.73. The maximum absolute atomic E-state index is 10.8. The lowest BCUT2D eigenvalue weighted by atomic mass is 9.87. The number of aryl methyl sites for hydroxylation is 1. The minimum Gasteiger partial charge on any atom is -0.487 e. The number of fused-ring (bicyclic) bond motifs is 1. The van der Waals surface area contributed by atoms with Crippen LogP contribution in [-0.2, 0) is 11.2 Å². The second kappa shape index (κ2) is 5.23. The van der Waals surface area contributed by atoms with Crippen LogP contribution in [0.25, 0.3) is 0 Å². The molecule has 0 saturated carbocycles. The maximum Gasteiger partial charge on any atom is 0.303 e. The van der Waals surface area contributed by atoms with Crippen LogP contribution in [0.4, 0.5) is 5.69 Å². The Morgan fingerprint density at radius 2 is 2.15 bits per heavy atom. The van der Waals surface area contributed by atoms with Crippen LogP contribution in [0.15, 0.2) is 11.2 Å². The molecule has 0 bridgehead atoms. The summed E-state index contributed by atoms with van der Waals surface area (Å²) in [7, 11) is 0. The van der Waals surface area contributed by atoms with Gasteiger partial charge in [0, 0.05) is 6.42 Å². The second-order valence-corrected chi connectivity index (χ2v) is 5.67. The second-order valence-electron chi connectivity index (χ2n) is 5.67. The van der Waals surface area contributed by atoms with Crippen LogP contribution in [0.1, 0.15) is 42.9 Å². The van der Waals surface area contributed by atoms with E-state index in [9.17, 15) is 9.70 Å². The Kier molecular flexibility index (Phi) is 3.79. The van der Waals surface area contributed by atoms with E-state index >= 15 is 0 Å². The van der Waals surface area contributed by atoms with Gasteiger partial charge in [0.1, 0.15) is 17.0 Å². The van der Waals surface area contributed by atoms with E-state index in [1.165, 1.54) is 0 Å². The molecule has 0 saturated heterocycles. The SMILES string of the molecule is Cc1c(N=O)cc2c(c1C)O[C@@](C)(CCC(=O)O)CC2. The number of ether oxygens (including phenoxy) is 1. The molecular weight excluding hydrogens is 258 g/mol. The Labute approximate surface area is 117 Å². The van der Waals surface area contributed by atoms with Crippen molar-refractivity contribution >= 4 is 11.7 Å². The van der Waals surface area contributed by atoms with Crippen molar-refractivity contribution in [3.63, 3.8) is 0 Å². The zero-order valence-electron chi connectivity index (χ0n) is 12.0. The predicted octanol–water partition coefficient (Wildman–Crippen LogP) is 3.65. The number of hydrogen-bond donors (Lipinski definition) is 1. The van der Waals surface area contributed by atoms with Crippen LogP contribution in [-0.4, -0.2) is 16.7 Å². The van der Waals surface area contributed by atoms with Gasteiger partial charge in [-0.05, 0) is 68.0 Å². The lowest BCUT2D eigenvalue weighted by molar-refractivity contribution is -0.138. The molecule has 1 heterocycles. The number of aliphatic carboxylic acids is 1. The molecule has 1 aliphatic heterocycles. The van der Waals surface area contributed by atoms with E-state index in [0.29, 0.717) is 12.1 Å². The molecule has 0 amide bonds. The molecule has 2 rings (SSSR count). The average molecular weight is 277 g/mol. The van der Waals surface area contributed by atoms with Gasteiger partial charge in [-0.1, -0.05) is 0 Å². The number of carboxylic acid groups (broad SMARTS) is 1. The number of benzene rings is 1. The van der Waals surface area contributed by atoms with Crippen molar-refractivity contribution in [1.29, 1.82) is 0 Å². The number of carboxylic acids is 1. The van der Waals surface area contributed by atoms with Crippen LogP contribution in [0.5, 0.6) is 5.75 Å². The molecule has 0 aromatic heterocycles. The molecule has 1 N–H and O–H groups in total. The molecule has 108 valence electrons. The molecule has 1 aliphatic rings. The fourth-order valence-corrected chi connectivity index (χ4v) is 2.61. The number of nitroso groups, excluding NO2 is 1. The summed E-state index contributed by atoms with van der Waals surface area (Å²) in [6, 6.07) is 1.78. The topological polar surface area (TPSA) is 76.0 Å². The molecule has 5 nitrogen and oxygen atoms in total. The summed E-state index contributed by atoms with van der Waals surface area (Å²) in [5, 5.41) is 11.9. The van der Waals surface area contributed by atoms with Gasteiger partial charge in [-0.25, -0.2) is 0 Å². The van der Waals surface area contributed by atoms with E-state index < -0.39 is 11.6 Å². The van der Waals surface area contributed by atoms with Gasteiger partial charge < -0.3 is 9.84 Å². The summed E-state index contributed by atoms with van der Waals surface area (Å²) in [6.45, 7) is 5.70. The highest BCUT2D eigenvalue weighted by atomic mass is 16.5. The standard InChI is InChI=1S/C15H19NO4/c1-9-10(2)14-11(8-12(9)16-19)4-6-15(3,20-14)7-5-13(17)18/h8H,4-7H2,1-3H3,(H,17,18)/t15-/m1/s1. The van der Waals surface area contributed by atoms with Gasteiger partial charge in [0.15, 0.2) is 0 Å². The summed E-state index contributed by atoms with van der Waals surface area (Å²) in [5.74, 6) is -0.0249. The van der Waals surface area contributed by atoms with E-state index in [1.807, 2.05) is 20.8 Å². The van der Waals surface area contributed by atoms with Crippen molar-refractivity contribution in [3.8, 4) is 5.75 Å². The van der Waals surface area contributed by atoms with Gasteiger partial charge >= 0.3 is 5.97 Å². The van der Waals surface area contributed by atoms with Gasteiger partial charge in [0.2, 0.25) is 0 Å². The van der Waals surface area contributed by atoms with Gasteiger partial charge in [-0.3, -0.25) is 4.79 Å². The van der Waals surface area contributed by atoms with Crippen LogP contribution < -0.4 is 4.74 Å². The molecule has 1 aromatic carbocycles. The first-order chi connectivity index (χ1) is 9.36. The molecule has 1 atom stereocenters. The zero-order chi connectivity index (χ0) is 14.9. The van der Waals surface area contributed by atoms with Crippen LogP contribution in [0, 0.1) is 18.8 Å². The van der Waals surface area contributed by atoms with Crippen LogP contribution in [0.3, 0.4) is 0 Å². The summed E-state index contributed by atoms with van der Waals surface area (Å²) in [6.07, 6.45) is 2.09. The lowest BCUT2D eigenvalue weighted by Gasteiger charge is -2.37. The number of nitrogens with zero attached hydrogens (tertiary/aromatic N) is 1. The van der Waals surface area contributed by atoms with Gasteiger partial charge in [-0.2, -0.15) is 0 Å². The Balaban J connectivity index is 2.32. The minimum atomic E-state index is -0.811. The van der Waals surface area contributed by atoms with Crippen molar-refractivity contribution in [2.45, 2.75) is 52.1 Å². The Hall–Kier alpha value is -1.91. The third kappa shape index (κ3) is 2.66. The molecule has 20 heavy (non-hydrogen) atoms. The van der Waals surface area contributed by atoms with Crippen LogP contribution in [0.2, 0.25) is 0 Å². The first kappa shape index (κ1) is 14.5. The third-order valence-electron chi connectivity index (χ3n) is 4.13. The molecule has 0 unspecified atom stereocenters. The minimum absolute atomic E-state index is 0.0951. The van der Waals surface area contributed by atoms with E-state index in [2.05, 4.69) is 5.18 Å². The molecular formula is C15H19NO4. The third-order valence-corrected chi connectivity index (χ3v) is 4.13. The normalized spacial score (nSPS) is 20.9. The quantitative estimate of drug-likeness (QED) is 0.852. The van der Waals surface area contributed by atoms with Crippen molar-refractivity contribution in [2.75, 3.05) is 0 Å². The maximum atomic E-state index is 10.8. The Bertz CT molecular complexity index is 567. The highest BCUT2D eigenvalue weighted by molar-refractivity contribution is 5.66. The zero-order valence-corrected chi connectivity index (χ0v) is 12.0. The number of hydrogen-bond acceptors (Lipinski definition) is 4. The largest absolute Gasteiger partial charge is 0.487 e. The molecule has 5 heteroatoms. The lowest BCUT2D eigenvalue weighted by Crippen LogP contribution is -2.37. The van der Waals surface area contributed by atoms with E-state index in [-0.39, 0.29) is 6.42 Å². The monoisotopic (exact) mass is 277 g/mol. The van der Waals surface area contributed by atoms with Crippen molar-refractivity contribution < 1.29 is 14.6 Å². The van der Waals surface area contributed by atoms with Crippen molar-refractivity contribution in [2.24, 2.45) is 5.18 Å². The summed E-state index contributed by atoms with van der Waals surface area (Å²) in [5.41, 5.74) is 2.72. The van der Waals surface area contributed by atoms with E-state index in [1.54, 1.807) is 6.07 Å². The van der Waals surface area contributed by atoms with E-state index in [0.717, 1.165) is 35.3 Å². The molecule has 0 radical (unpaired) electrons. The molecule has 0 spiro atoms. The highest BCUT2D eigenvalue weighted by Gasteiger charge is 2.33. The van der Waals surface area contributed by atoms with Gasteiger partial charge in [0.05, 0.1) is 0 Å². The molecule has 0 fully saturated rings. The Morgan fingerprint density at radius 1 is 1.45 bits per heavy atom. The fourth-order valence-electron chi connectivity index (χ4n) is 2.61. The molecule has 0 aliphatic carbocycles. The summed E-state index contributed by atoms with van der Waals surface area (Å²) in [4.78, 5) is 21.5. The van der Waals surface area contributed by atoms with Crippen molar-refractivity contribution in [3.05, 3.63) is 27.7 Å². The highest BCUT2D eigenvalue weighted by Crippen LogP contribution is 2.41. The first-order valence-corrected chi connectivity index (χ1v) is 6.73. The Morgan fingerprint density at radius 3 is 2.75 bits per heavy atom. The van der Waals surface area contributed by atoms with Crippen LogP contribution >= 0.6 is 0 Å². The van der Waals surface area contributed by atoms with E-state index in [4.69, 9.17) is 9.84 Å². The number of carbonyl (C=O) groups is 1. The predicted molar refractivity (Wildman–Crippen MR) is 75.6 cm³/mol.